The van der Waals surface area contributed by atoms with Gasteiger partial charge in [-0.3, -0.25) is 14.4 Å². The fourth-order valence-corrected chi connectivity index (χ4v) is 4.46. The Morgan fingerprint density at radius 2 is 1.71 bits per heavy atom. The molecule has 10 heteroatoms. The summed E-state index contributed by atoms with van der Waals surface area (Å²) in [5.74, 6) is -0.0752. The number of ether oxygens (including phenoxy) is 1. The van der Waals surface area contributed by atoms with Crippen molar-refractivity contribution in [2.75, 3.05) is 33.3 Å². The molecule has 0 saturated carbocycles. The first-order chi connectivity index (χ1) is 19.5. The van der Waals surface area contributed by atoms with Gasteiger partial charge in [0.15, 0.2) is 0 Å². The highest BCUT2D eigenvalue weighted by molar-refractivity contribution is 5.92. The van der Waals surface area contributed by atoms with E-state index in [0.29, 0.717) is 25.4 Å². The van der Waals surface area contributed by atoms with Crippen molar-refractivity contribution in [1.82, 2.24) is 20.9 Å². The van der Waals surface area contributed by atoms with Crippen LogP contribution >= 0.6 is 0 Å². The molecule has 0 bridgehead atoms. The maximum Gasteiger partial charge on any atom is 0.245 e. The van der Waals surface area contributed by atoms with E-state index in [4.69, 9.17) is 9.84 Å². The van der Waals surface area contributed by atoms with E-state index in [1.165, 1.54) is 24.4 Å². The molecule has 1 heterocycles. The second-order valence-electron chi connectivity index (χ2n) is 10.4. The van der Waals surface area contributed by atoms with Crippen molar-refractivity contribution in [3.05, 3.63) is 59.7 Å². The number of likely N-dealkylation sites (N-methyl/N-ethyl adjacent to an activating group) is 1. The van der Waals surface area contributed by atoms with E-state index in [1.54, 1.807) is 12.1 Å². The van der Waals surface area contributed by atoms with Crippen molar-refractivity contribution in [2.24, 2.45) is 5.92 Å². The topological polar surface area (TPSA) is 140 Å². The van der Waals surface area contributed by atoms with Crippen LogP contribution in [0.3, 0.4) is 0 Å². The van der Waals surface area contributed by atoms with Gasteiger partial charge in [0.1, 0.15) is 24.1 Å². The summed E-state index contributed by atoms with van der Waals surface area (Å²) in [7, 11) is 1.50. The smallest absolute Gasteiger partial charge is 0.245 e. The van der Waals surface area contributed by atoms with Gasteiger partial charge in [0.25, 0.3) is 0 Å². The summed E-state index contributed by atoms with van der Waals surface area (Å²) in [6, 6.07) is 13.2. The summed E-state index contributed by atoms with van der Waals surface area (Å²) in [5, 5.41) is 27.6. The van der Waals surface area contributed by atoms with Gasteiger partial charge in [-0.25, -0.2) is 0 Å². The number of benzene rings is 2. The molecule has 0 fully saturated rings. The zero-order valence-electron chi connectivity index (χ0n) is 24.9. The summed E-state index contributed by atoms with van der Waals surface area (Å²) in [6.45, 7) is 8.46. The molecular formula is C31H46N4O6. The van der Waals surface area contributed by atoms with Crippen molar-refractivity contribution in [3.63, 3.8) is 0 Å². The standard InChI is InChI=1S/C24H38N4O5.C7H8O/c1-5-16(2)21-24(32)28(4)22(17(3)29)23(31)27-15-20(30)25-12-8-10-18-9-6-7-11-19(18)33-14-13-26-21;1-6-2-4-7(8)5-3-6/h6-7,9,11,16-17,21-22,26,29H,5,8,10,12-15H2,1-4H3,(H,25,30)(H,27,31);2-5,8H,1H3. The highest BCUT2D eigenvalue weighted by atomic mass is 16.5. The van der Waals surface area contributed by atoms with Gasteiger partial charge in [-0.05, 0) is 56.4 Å². The molecule has 0 spiro atoms. The van der Waals surface area contributed by atoms with Crippen molar-refractivity contribution in [1.29, 1.82) is 0 Å². The highest BCUT2D eigenvalue weighted by Crippen LogP contribution is 2.20. The summed E-state index contributed by atoms with van der Waals surface area (Å²) in [4.78, 5) is 39.5. The van der Waals surface area contributed by atoms with Crippen LogP contribution in [-0.4, -0.2) is 84.3 Å². The van der Waals surface area contributed by atoms with Gasteiger partial charge in [-0.2, -0.15) is 0 Å². The molecule has 1 aliphatic heterocycles. The number of phenols is 1. The fourth-order valence-electron chi connectivity index (χ4n) is 4.46. The molecule has 0 saturated heterocycles. The molecule has 3 amide bonds. The molecule has 0 aliphatic carbocycles. The van der Waals surface area contributed by atoms with E-state index in [0.717, 1.165) is 30.6 Å². The molecule has 4 unspecified atom stereocenters. The van der Waals surface area contributed by atoms with E-state index >= 15 is 0 Å². The Morgan fingerprint density at radius 1 is 1.02 bits per heavy atom. The first kappa shape index (κ1) is 33.6. The van der Waals surface area contributed by atoms with Crippen LogP contribution in [-0.2, 0) is 20.8 Å². The lowest BCUT2D eigenvalue weighted by Crippen LogP contribution is -2.59. The lowest BCUT2D eigenvalue weighted by Gasteiger charge is -2.34. The molecule has 41 heavy (non-hydrogen) atoms. The molecular weight excluding hydrogens is 524 g/mol. The first-order valence-electron chi connectivity index (χ1n) is 14.2. The van der Waals surface area contributed by atoms with Gasteiger partial charge in [-0.15, -0.1) is 0 Å². The third-order valence-corrected chi connectivity index (χ3v) is 7.07. The number of aliphatic hydroxyl groups excluding tert-OH is 1. The Balaban J connectivity index is 0.000000629. The SMILES string of the molecule is CCC(C)C1NCCOc2ccccc2CCCNC(=O)CNC(=O)C(C(C)O)N(C)C1=O.Cc1ccc(O)cc1. The number of phenolic OH excluding ortho intramolecular Hbond substituents is 1. The molecule has 0 radical (unpaired) electrons. The van der Waals surface area contributed by atoms with Gasteiger partial charge in [0.05, 0.1) is 18.7 Å². The Kier molecular flexibility index (Phi) is 14.1. The Morgan fingerprint density at radius 3 is 2.34 bits per heavy atom. The van der Waals surface area contributed by atoms with Crippen LogP contribution in [0.15, 0.2) is 48.5 Å². The molecule has 2 aromatic rings. The average Bonchev–Trinajstić information content (AvgIpc) is 2.95. The van der Waals surface area contributed by atoms with Crippen LogP contribution in [0, 0.1) is 12.8 Å². The average molecular weight is 571 g/mol. The minimum atomic E-state index is -1.11. The molecule has 4 atom stereocenters. The second-order valence-corrected chi connectivity index (χ2v) is 10.4. The predicted octanol–water partition coefficient (Wildman–Crippen LogP) is 2.16. The van der Waals surface area contributed by atoms with Gasteiger partial charge in [0.2, 0.25) is 17.7 Å². The van der Waals surface area contributed by atoms with Crippen LogP contribution < -0.4 is 20.7 Å². The van der Waals surface area contributed by atoms with E-state index in [9.17, 15) is 19.5 Å². The third-order valence-electron chi connectivity index (χ3n) is 7.07. The van der Waals surface area contributed by atoms with Gasteiger partial charge in [0, 0.05) is 20.1 Å². The molecule has 10 nitrogen and oxygen atoms in total. The first-order valence-corrected chi connectivity index (χ1v) is 14.2. The number of nitrogens with zero attached hydrogens (tertiary/aromatic N) is 1. The molecule has 226 valence electrons. The van der Waals surface area contributed by atoms with E-state index in [2.05, 4.69) is 16.0 Å². The van der Waals surface area contributed by atoms with Gasteiger partial charge >= 0.3 is 0 Å². The maximum absolute atomic E-state index is 13.3. The van der Waals surface area contributed by atoms with Crippen molar-refractivity contribution in [3.8, 4) is 11.5 Å². The van der Waals surface area contributed by atoms with Gasteiger partial charge < -0.3 is 35.8 Å². The number of hydrogen-bond acceptors (Lipinski definition) is 7. The number of aliphatic hydroxyl groups is 1. The van der Waals surface area contributed by atoms with Crippen molar-refractivity contribution in [2.45, 2.75) is 65.1 Å². The number of fused-ring (bicyclic) bond motifs is 1. The minimum absolute atomic E-state index is 0.00122. The number of aryl methyl sites for hydroxylation is 2. The van der Waals surface area contributed by atoms with Crippen LogP contribution in [0.25, 0.3) is 0 Å². The van der Waals surface area contributed by atoms with E-state index in [-0.39, 0.29) is 24.3 Å². The molecule has 0 aromatic heterocycles. The summed E-state index contributed by atoms with van der Waals surface area (Å²) >= 11 is 0. The quantitative estimate of drug-likeness (QED) is 0.381. The monoisotopic (exact) mass is 570 g/mol. The number of aromatic hydroxyl groups is 1. The Bertz CT molecular complexity index is 1090. The van der Waals surface area contributed by atoms with E-state index < -0.39 is 24.1 Å². The number of para-hydroxylation sites is 1. The fraction of sp³-hybridized carbons (Fsp3) is 0.516. The zero-order chi connectivity index (χ0) is 30.4. The largest absolute Gasteiger partial charge is 0.508 e. The normalized spacial score (nSPS) is 20.9. The second kappa shape index (κ2) is 17.2. The predicted molar refractivity (Wildman–Crippen MR) is 159 cm³/mol. The van der Waals surface area contributed by atoms with Gasteiger partial charge in [-0.1, -0.05) is 56.2 Å². The number of amides is 3. The van der Waals surface area contributed by atoms with Crippen LogP contribution in [0.1, 0.15) is 44.7 Å². The van der Waals surface area contributed by atoms with Crippen molar-refractivity contribution < 1.29 is 29.3 Å². The van der Waals surface area contributed by atoms with Crippen LogP contribution in [0.4, 0.5) is 0 Å². The number of carbonyl (C=O) groups excluding carboxylic acids is 3. The summed E-state index contributed by atoms with van der Waals surface area (Å²) < 4.78 is 5.98. The zero-order valence-corrected chi connectivity index (χ0v) is 24.9. The summed E-state index contributed by atoms with van der Waals surface area (Å²) in [6.07, 6.45) is 1.11. The number of carbonyl (C=O) groups is 3. The summed E-state index contributed by atoms with van der Waals surface area (Å²) in [5.41, 5.74) is 2.22. The van der Waals surface area contributed by atoms with Crippen molar-refractivity contribution >= 4 is 17.7 Å². The van der Waals surface area contributed by atoms with E-state index in [1.807, 2.05) is 57.2 Å². The molecule has 1 aliphatic rings. The van der Waals surface area contributed by atoms with Crippen LogP contribution in [0.2, 0.25) is 0 Å². The minimum Gasteiger partial charge on any atom is -0.508 e. The molecule has 2 aromatic carbocycles. The third kappa shape index (κ3) is 11.0. The number of hydrogen-bond donors (Lipinski definition) is 5. The maximum atomic E-state index is 13.3. The molecule has 3 rings (SSSR count). The Hall–Kier alpha value is -3.63. The van der Waals surface area contributed by atoms with Crippen LogP contribution in [0.5, 0.6) is 11.5 Å². The number of rotatable bonds is 3. The highest BCUT2D eigenvalue weighted by Gasteiger charge is 2.35. The lowest BCUT2D eigenvalue weighted by molar-refractivity contribution is -0.145. The molecule has 5 N–H and O–H groups in total. The lowest BCUT2D eigenvalue weighted by atomic mass is 9.96. The Labute approximate surface area is 243 Å². The number of nitrogens with one attached hydrogen (secondary N) is 3.